The Balaban J connectivity index is 1.21. The lowest BCUT2D eigenvalue weighted by molar-refractivity contribution is -0.116. The van der Waals surface area contributed by atoms with Crippen LogP contribution in [0.4, 0.5) is 14.5 Å². The molecule has 12 nitrogen and oxygen atoms in total. The zero-order valence-electron chi connectivity index (χ0n) is 34.2. The van der Waals surface area contributed by atoms with Crippen molar-refractivity contribution in [1.82, 2.24) is 14.8 Å². The topological polar surface area (TPSA) is 148 Å². The molecule has 2 bridgehead atoms. The summed E-state index contributed by atoms with van der Waals surface area (Å²) in [7, 11) is 0. The van der Waals surface area contributed by atoms with Gasteiger partial charge in [0.15, 0.2) is 11.3 Å². The van der Waals surface area contributed by atoms with Crippen LogP contribution in [0.1, 0.15) is 160 Å². The van der Waals surface area contributed by atoms with Gasteiger partial charge in [0.25, 0.3) is 11.8 Å². The number of amides is 3. The van der Waals surface area contributed by atoms with Gasteiger partial charge in [0.05, 0.1) is 17.3 Å². The van der Waals surface area contributed by atoms with Crippen LogP contribution >= 0.6 is 0 Å². The third kappa shape index (κ3) is 10.3. The van der Waals surface area contributed by atoms with Gasteiger partial charge in [-0.3, -0.25) is 19.2 Å². The van der Waals surface area contributed by atoms with Gasteiger partial charge in [0, 0.05) is 55.5 Å². The highest BCUT2D eigenvalue weighted by atomic mass is 19.1. The molecule has 2 aromatic carbocycles. The lowest BCUT2D eigenvalue weighted by atomic mass is 9.84. The number of benzene rings is 2. The Labute approximate surface area is 343 Å². The van der Waals surface area contributed by atoms with Crippen LogP contribution < -0.4 is 20.8 Å². The number of hydrogen-bond acceptors (Lipinski definition) is 8. The summed E-state index contributed by atoms with van der Waals surface area (Å²) < 4.78 is 35.3. The normalized spacial score (nSPS) is 19.4. The summed E-state index contributed by atoms with van der Waals surface area (Å²) in [5.74, 6) is -5.01. The third-order valence-corrected chi connectivity index (χ3v) is 11.7. The Morgan fingerprint density at radius 2 is 1.68 bits per heavy atom. The molecule has 4 heterocycles. The number of aromatic nitrogens is 1. The van der Waals surface area contributed by atoms with Crippen LogP contribution in [0.2, 0.25) is 0 Å². The maximum atomic E-state index is 14.5. The van der Waals surface area contributed by atoms with Crippen molar-refractivity contribution in [2.24, 2.45) is 5.16 Å². The number of oxime groups is 1. The van der Waals surface area contributed by atoms with E-state index >= 15 is 0 Å². The number of ether oxygens (including phenoxy) is 1. The quantitative estimate of drug-likeness (QED) is 0.0965. The predicted octanol–water partition coefficient (Wildman–Crippen LogP) is 8.63. The van der Waals surface area contributed by atoms with Gasteiger partial charge in [-0.25, -0.2) is 13.6 Å². The number of fused-ring (bicyclic) bond motifs is 5. The Morgan fingerprint density at radius 3 is 2.36 bits per heavy atom. The van der Waals surface area contributed by atoms with Crippen LogP contribution in [0.5, 0.6) is 5.75 Å². The number of nitrogens with one attached hydrogen (secondary N) is 2. The van der Waals surface area contributed by atoms with E-state index in [0.717, 1.165) is 37.5 Å². The first-order valence-corrected chi connectivity index (χ1v) is 21.1. The minimum atomic E-state index is -1.03. The molecule has 1 aromatic heterocycles. The number of hydrogen-bond donors (Lipinski definition) is 2. The van der Waals surface area contributed by atoms with Gasteiger partial charge in [0.2, 0.25) is 17.1 Å². The van der Waals surface area contributed by atoms with Crippen molar-refractivity contribution in [2.45, 2.75) is 141 Å². The van der Waals surface area contributed by atoms with Crippen LogP contribution in [-0.2, 0) is 16.2 Å². The molecular formula is C45H55F2N5O7. The Morgan fingerprint density at radius 1 is 0.966 bits per heavy atom. The fraction of sp³-hybridized carbons (Fsp3) is 0.511. The number of anilines is 1. The Bertz CT molecular complexity index is 2140. The fourth-order valence-corrected chi connectivity index (χ4v) is 8.35. The molecule has 3 aromatic rings. The number of pyridine rings is 1. The maximum absolute atomic E-state index is 14.5. The Kier molecular flexibility index (Phi) is 14.3. The number of unbranched alkanes of at least 4 members (excludes halogenated alkanes) is 10. The average molecular weight is 816 g/mol. The number of nitrogens with zero attached hydrogens (tertiary/aromatic N) is 3. The summed E-state index contributed by atoms with van der Waals surface area (Å²) in [6.45, 7) is 5.73. The summed E-state index contributed by atoms with van der Waals surface area (Å²) in [6, 6.07) is 8.08. The average Bonchev–Trinajstić information content (AvgIpc) is 3.54. The second kappa shape index (κ2) is 19.6. The number of esters is 1. The van der Waals surface area contributed by atoms with E-state index in [9.17, 15) is 32.8 Å². The summed E-state index contributed by atoms with van der Waals surface area (Å²) in [4.78, 5) is 76.7. The molecule has 14 heteroatoms. The van der Waals surface area contributed by atoms with Crippen LogP contribution in [-0.4, -0.2) is 57.1 Å². The number of halogens is 2. The molecule has 1 fully saturated rings. The number of rotatable bonds is 18. The SMILES string of the molecule is CCCCCCCCCCCCCC(=O)Nc1cccc(C(=O)Oc2c3n(cc(C(=O)NCc4ccc(F)cc4F)c2=O)[C@@H]2CN(C3=O)[C@@H](C)CC[C@]23CC(C)=NO3)c1. The second-order valence-corrected chi connectivity index (χ2v) is 16.2. The summed E-state index contributed by atoms with van der Waals surface area (Å²) in [5.41, 5.74) is -1.59. The minimum Gasteiger partial charge on any atom is -0.416 e. The molecular weight excluding hydrogens is 761 g/mol. The van der Waals surface area contributed by atoms with Crippen molar-refractivity contribution < 1.29 is 37.5 Å². The van der Waals surface area contributed by atoms with E-state index in [4.69, 9.17) is 9.57 Å². The van der Waals surface area contributed by atoms with Gasteiger partial charge in [-0.2, -0.15) is 0 Å². The van der Waals surface area contributed by atoms with Crippen molar-refractivity contribution in [1.29, 1.82) is 0 Å². The summed E-state index contributed by atoms with van der Waals surface area (Å²) in [5, 5.41) is 9.58. The molecule has 0 saturated carbocycles. The standard InChI is InChI=1S/C45H55F2N5O7/c1-4-5-6-7-8-9-10-11-12-13-14-18-38(53)49-34-17-15-16-31(23-34)44(57)58-41-39-43(56)51-28-37(45(22-21-30(51)3)25-29(2)50-59-45)52(39)27-35(40(41)54)42(55)48-26-32-19-20-33(46)24-36(32)47/h15-17,19-20,23-24,27,30,37H,4-14,18,21-22,25-26,28H2,1-3H3,(H,48,55)(H,49,53)/t30-,37+,45-/m0/s1. The second-order valence-electron chi connectivity index (χ2n) is 16.2. The maximum Gasteiger partial charge on any atom is 0.343 e. The molecule has 1 spiro atoms. The first-order valence-electron chi connectivity index (χ1n) is 21.1. The molecule has 3 amide bonds. The molecule has 1 saturated heterocycles. The van der Waals surface area contributed by atoms with Gasteiger partial charge in [-0.15, -0.1) is 0 Å². The van der Waals surface area contributed by atoms with Crippen molar-refractivity contribution in [3.63, 3.8) is 0 Å². The molecule has 6 rings (SSSR count). The fourth-order valence-electron chi connectivity index (χ4n) is 8.35. The number of carbonyl (C=O) groups excluding carboxylic acids is 4. The van der Waals surface area contributed by atoms with E-state index < -0.39 is 57.8 Å². The molecule has 3 aliphatic rings. The highest BCUT2D eigenvalue weighted by Gasteiger charge is 2.54. The molecule has 2 N–H and O–H groups in total. The molecule has 0 radical (unpaired) electrons. The molecule has 59 heavy (non-hydrogen) atoms. The van der Waals surface area contributed by atoms with Crippen molar-refractivity contribution in [3.8, 4) is 5.75 Å². The van der Waals surface area contributed by atoms with Crippen LogP contribution in [0.3, 0.4) is 0 Å². The van der Waals surface area contributed by atoms with Gasteiger partial charge < -0.3 is 29.7 Å². The first kappa shape index (κ1) is 43.2. The van der Waals surface area contributed by atoms with Gasteiger partial charge >= 0.3 is 5.97 Å². The van der Waals surface area contributed by atoms with Gasteiger partial charge in [-0.1, -0.05) is 88.4 Å². The molecule has 316 valence electrons. The Hall–Kier alpha value is -5.40. The largest absolute Gasteiger partial charge is 0.416 e. The smallest absolute Gasteiger partial charge is 0.343 e. The lowest BCUT2D eigenvalue weighted by Crippen LogP contribution is -2.52. The number of carbonyl (C=O) groups is 4. The summed E-state index contributed by atoms with van der Waals surface area (Å²) in [6.07, 6.45) is 15.9. The van der Waals surface area contributed by atoms with Crippen molar-refractivity contribution in [3.05, 3.63) is 92.9 Å². The minimum absolute atomic E-state index is 0.00810. The molecule has 0 aliphatic carbocycles. The zero-order valence-corrected chi connectivity index (χ0v) is 34.2. The monoisotopic (exact) mass is 815 g/mol. The van der Waals surface area contributed by atoms with Crippen molar-refractivity contribution in [2.75, 3.05) is 11.9 Å². The highest BCUT2D eigenvalue weighted by molar-refractivity contribution is 6.02. The van der Waals surface area contributed by atoms with Crippen LogP contribution in [0.25, 0.3) is 0 Å². The van der Waals surface area contributed by atoms with Gasteiger partial charge in [-0.05, 0) is 57.4 Å². The summed E-state index contributed by atoms with van der Waals surface area (Å²) >= 11 is 0. The van der Waals surface area contributed by atoms with E-state index in [1.54, 1.807) is 17.0 Å². The van der Waals surface area contributed by atoms with Gasteiger partial charge in [0.1, 0.15) is 17.2 Å². The van der Waals surface area contributed by atoms with E-state index in [1.807, 2.05) is 13.8 Å². The van der Waals surface area contributed by atoms with Crippen molar-refractivity contribution >= 4 is 35.1 Å². The third-order valence-electron chi connectivity index (χ3n) is 11.7. The lowest BCUT2D eigenvalue weighted by Gasteiger charge is -2.42. The van der Waals surface area contributed by atoms with Crippen LogP contribution in [0.15, 0.2) is 58.6 Å². The van der Waals surface area contributed by atoms with E-state index in [0.29, 0.717) is 37.4 Å². The zero-order chi connectivity index (χ0) is 42.1. The molecule has 0 unspecified atom stereocenters. The predicted molar refractivity (Wildman–Crippen MR) is 220 cm³/mol. The first-order chi connectivity index (χ1) is 28.4. The van der Waals surface area contributed by atoms with E-state index in [1.165, 1.54) is 73.9 Å². The van der Waals surface area contributed by atoms with Crippen LogP contribution in [0, 0.1) is 11.6 Å². The van der Waals surface area contributed by atoms with E-state index in [-0.39, 0.29) is 41.9 Å². The molecule has 3 atom stereocenters. The highest BCUT2D eigenvalue weighted by Crippen LogP contribution is 2.46. The van der Waals surface area contributed by atoms with E-state index in [2.05, 4.69) is 22.7 Å². The molecule has 3 aliphatic heterocycles.